The summed E-state index contributed by atoms with van der Waals surface area (Å²) < 4.78 is 29.4. The highest BCUT2D eigenvalue weighted by Crippen LogP contribution is 2.22. The van der Waals surface area contributed by atoms with Gasteiger partial charge >= 0.3 is 0 Å². The predicted molar refractivity (Wildman–Crippen MR) is 98.8 cm³/mol. The van der Waals surface area contributed by atoms with Crippen molar-refractivity contribution in [1.29, 1.82) is 0 Å². The van der Waals surface area contributed by atoms with E-state index in [1.54, 1.807) is 0 Å². The van der Waals surface area contributed by atoms with Gasteiger partial charge in [-0.1, -0.05) is 41.0 Å². The zero-order chi connectivity index (χ0) is 18.8. The summed E-state index contributed by atoms with van der Waals surface area (Å²) in [5.41, 5.74) is 3.16. The first-order valence-electron chi connectivity index (χ1n) is 7.94. The van der Waals surface area contributed by atoms with Crippen LogP contribution in [0.3, 0.4) is 0 Å². The van der Waals surface area contributed by atoms with Gasteiger partial charge in [-0.15, -0.1) is 6.42 Å². The molecule has 0 aliphatic carbocycles. The number of aromatic nitrogens is 1. The standard InChI is InChI=1S/C20H16F2N2OS/c1-4-7-24-19-16(22)10-15(21)11-17(19)26-20(24)23-18(25)9-14-6-5-12(2)8-13(14)3/h1,5-6,8,10-11H,7,9H2,2-3H3. The Morgan fingerprint density at radius 1 is 1.27 bits per heavy atom. The number of hydrogen-bond donors (Lipinski definition) is 0. The molecule has 1 amide bonds. The number of terminal acetylenes is 1. The molecule has 0 saturated heterocycles. The van der Waals surface area contributed by atoms with Crippen molar-refractivity contribution in [3.05, 3.63) is 63.5 Å². The highest BCUT2D eigenvalue weighted by Gasteiger charge is 2.14. The highest BCUT2D eigenvalue weighted by molar-refractivity contribution is 7.16. The summed E-state index contributed by atoms with van der Waals surface area (Å²) in [5.74, 6) is 0.645. The van der Waals surface area contributed by atoms with Gasteiger partial charge in [0.25, 0.3) is 5.91 Å². The molecule has 0 N–H and O–H groups in total. The van der Waals surface area contributed by atoms with E-state index in [2.05, 4.69) is 10.9 Å². The monoisotopic (exact) mass is 370 g/mol. The lowest BCUT2D eigenvalue weighted by atomic mass is 10.0. The molecule has 1 heterocycles. The van der Waals surface area contributed by atoms with Crippen LogP contribution in [-0.2, 0) is 17.8 Å². The van der Waals surface area contributed by atoms with Crippen LogP contribution >= 0.6 is 11.3 Å². The third kappa shape index (κ3) is 3.58. The van der Waals surface area contributed by atoms with Crippen molar-refractivity contribution in [3.8, 4) is 12.3 Å². The van der Waals surface area contributed by atoms with Gasteiger partial charge < -0.3 is 4.57 Å². The Morgan fingerprint density at radius 2 is 2.04 bits per heavy atom. The smallest absolute Gasteiger partial charge is 0.252 e. The lowest BCUT2D eigenvalue weighted by Crippen LogP contribution is -2.17. The average molecular weight is 370 g/mol. The molecule has 1 aromatic heterocycles. The predicted octanol–water partition coefficient (Wildman–Crippen LogP) is 3.90. The topological polar surface area (TPSA) is 34.4 Å². The maximum atomic E-state index is 14.2. The van der Waals surface area contributed by atoms with Crippen molar-refractivity contribution < 1.29 is 13.6 Å². The number of amides is 1. The first kappa shape index (κ1) is 18.0. The molecular formula is C20H16F2N2OS. The Bertz CT molecular complexity index is 1120. The second-order valence-electron chi connectivity index (χ2n) is 6.02. The number of halogens is 2. The molecule has 3 aromatic rings. The van der Waals surface area contributed by atoms with E-state index in [1.807, 2.05) is 32.0 Å². The fourth-order valence-corrected chi connectivity index (χ4v) is 3.89. The Balaban J connectivity index is 2.06. The summed E-state index contributed by atoms with van der Waals surface area (Å²) in [4.78, 5) is 16.8. The second kappa shape index (κ2) is 7.22. The van der Waals surface area contributed by atoms with Gasteiger partial charge in [-0.05, 0) is 31.0 Å². The van der Waals surface area contributed by atoms with Crippen LogP contribution in [0.4, 0.5) is 8.78 Å². The van der Waals surface area contributed by atoms with E-state index in [-0.39, 0.29) is 29.2 Å². The number of carbonyl (C=O) groups is 1. The highest BCUT2D eigenvalue weighted by atomic mass is 32.1. The van der Waals surface area contributed by atoms with Crippen molar-refractivity contribution >= 4 is 27.5 Å². The molecule has 0 radical (unpaired) electrons. The SMILES string of the molecule is C#CCn1c(=NC(=O)Cc2ccc(C)cc2C)sc2cc(F)cc(F)c21. The van der Waals surface area contributed by atoms with Crippen LogP contribution < -0.4 is 4.80 Å². The third-order valence-electron chi connectivity index (χ3n) is 4.00. The van der Waals surface area contributed by atoms with Crippen molar-refractivity contribution in [3.63, 3.8) is 0 Å². The lowest BCUT2D eigenvalue weighted by molar-refractivity contribution is -0.117. The number of carbonyl (C=O) groups excluding carboxylic acids is 1. The normalized spacial score (nSPS) is 11.7. The summed E-state index contributed by atoms with van der Waals surface area (Å²) in [5, 5.41) is 0. The first-order valence-corrected chi connectivity index (χ1v) is 8.76. The van der Waals surface area contributed by atoms with E-state index < -0.39 is 11.6 Å². The molecule has 3 nitrogen and oxygen atoms in total. The summed E-state index contributed by atoms with van der Waals surface area (Å²) in [6.07, 6.45) is 5.49. The van der Waals surface area contributed by atoms with E-state index in [0.29, 0.717) is 4.70 Å². The number of fused-ring (bicyclic) bond motifs is 1. The molecule has 26 heavy (non-hydrogen) atoms. The molecular weight excluding hydrogens is 354 g/mol. The number of rotatable bonds is 3. The number of thiazole rings is 1. The number of hydrogen-bond acceptors (Lipinski definition) is 2. The Labute approximate surface area is 153 Å². The fourth-order valence-electron chi connectivity index (χ4n) is 2.81. The average Bonchev–Trinajstić information content (AvgIpc) is 2.88. The number of nitrogens with zero attached hydrogens (tertiary/aromatic N) is 2. The molecule has 0 spiro atoms. The van der Waals surface area contributed by atoms with Crippen LogP contribution in [0.1, 0.15) is 16.7 Å². The fraction of sp³-hybridized carbons (Fsp3) is 0.200. The first-order chi connectivity index (χ1) is 12.4. The maximum Gasteiger partial charge on any atom is 0.252 e. The van der Waals surface area contributed by atoms with Crippen LogP contribution in [0.25, 0.3) is 10.2 Å². The van der Waals surface area contributed by atoms with Crippen LogP contribution in [0.5, 0.6) is 0 Å². The van der Waals surface area contributed by atoms with Gasteiger partial charge in [-0.2, -0.15) is 4.99 Å². The van der Waals surface area contributed by atoms with Crippen LogP contribution in [0.15, 0.2) is 35.3 Å². The summed E-state index contributed by atoms with van der Waals surface area (Å²) in [6, 6.07) is 7.84. The summed E-state index contributed by atoms with van der Waals surface area (Å²) in [7, 11) is 0. The van der Waals surface area contributed by atoms with Gasteiger partial charge in [0, 0.05) is 6.07 Å². The molecule has 0 aliphatic rings. The molecule has 3 rings (SSSR count). The van der Waals surface area contributed by atoms with Crippen molar-refractivity contribution in [1.82, 2.24) is 4.57 Å². The molecule has 0 atom stereocenters. The molecule has 0 unspecified atom stereocenters. The van der Waals surface area contributed by atoms with E-state index in [9.17, 15) is 13.6 Å². The minimum absolute atomic E-state index is 0.0399. The minimum Gasteiger partial charge on any atom is -0.302 e. The van der Waals surface area contributed by atoms with E-state index >= 15 is 0 Å². The molecule has 0 bridgehead atoms. The Hall–Kier alpha value is -2.78. The second-order valence-corrected chi connectivity index (χ2v) is 7.03. The molecule has 2 aromatic carbocycles. The van der Waals surface area contributed by atoms with E-state index in [1.165, 1.54) is 10.6 Å². The third-order valence-corrected chi connectivity index (χ3v) is 5.03. The molecule has 0 fully saturated rings. The van der Waals surface area contributed by atoms with Crippen molar-refractivity contribution in [2.45, 2.75) is 26.8 Å². The lowest BCUT2D eigenvalue weighted by Gasteiger charge is -2.04. The molecule has 0 saturated carbocycles. The maximum absolute atomic E-state index is 14.2. The van der Waals surface area contributed by atoms with Crippen LogP contribution in [0, 0.1) is 37.8 Å². The van der Waals surface area contributed by atoms with Crippen molar-refractivity contribution in [2.24, 2.45) is 4.99 Å². The largest absolute Gasteiger partial charge is 0.302 e. The number of aryl methyl sites for hydroxylation is 2. The van der Waals surface area contributed by atoms with Crippen LogP contribution in [-0.4, -0.2) is 10.5 Å². The Kier molecular flexibility index (Phi) is 5.01. The minimum atomic E-state index is -0.727. The van der Waals surface area contributed by atoms with E-state index in [4.69, 9.17) is 6.42 Å². The summed E-state index contributed by atoms with van der Waals surface area (Å²) in [6.45, 7) is 3.96. The van der Waals surface area contributed by atoms with E-state index in [0.717, 1.165) is 34.1 Å². The van der Waals surface area contributed by atoms with Gasteiger partial charge in [0.2, 0.25) is 0 Å². The van der Waals surface area contributed by atoms with Crippen molar-refractivity contribution in [2.75, 3.05) is 0 Å². The van der Waals surface area contributed by atoms with Crippen LogP contribution in [0.2, 0.25) is 0 Å². The van der Waals surface area contributed by atoms with Gasteiger partial charge in [-0.3, -0.25) is 4.79 Å². The number of benzene rings is 2. The quantitative estimate of drug-likeness (QED) is 0.644. The molecule has 6 heteroatoms. The zero-order valence-corrected chi connectivity index (χ0v) is 15.2. The van der Waals surface area contributed by atoms with Gasteiger partial charge in [0.05, 0.1) is 23.2 Å². The summed E-state index contributed by atoms with van der Waals surface area (Å²) >= 11 is 1.04. The molecule has 0 aliphatic heterocycles. The molecule has 132 valence electrons. The van der Waals surface area contributed by atoms with Gasteiger partial charge in [0.1, 0.15) is 5.82 Å². The van der Waals surface area contributed by atoms with Gasteiger partial charge in [0.15, 0.2) is 10.6 Å². The zero-order valence-electron chi connectivity index (χ0n) is 14.3. The van der Waals surface area contributed by atoms with Gasteiger partial charge in [-0.25, -0.2) is 8.78 Å². The Morgan fingerprint density at radius 3 is 2.73 bits per heavy atom.